The monoisotopic (exact) mass is 514 g/mol. The Morgan fingerprint density at radius 3 is 1.18 bits per heavy atom. The van der Waals surface area contributed by atoms with Crippen LogP contribution in [0.3, 0.4) is 0 Å². The summed E-state index contributed by atoms with van der Waals surface area (Å²) in [5, 5.41) is 5.24. The molecule has 0 saturated heterocycles. The second-order valence-corrected chi connectivity index (χ2v) is 15.4. The summed E-state index contributed by atoms with van der Waals surface area (Å²) in [5.74, 6) is 0. The van der Waals surface area contributed by atoms with Crippen LogP contribution in [0.4, 0.5) is 0 Å². The zero-order valence-electron chi connectivity index (χ0n) is 15.3. The van der Waals surface area contributed by atoms with Crippen molar-refractivity contribution in [2.75, 3.05) is 0 Å². The minimum absolute atomic E-state index is 0.809. The minimum atomic E-state index is -1.90. The maximum atomic E-state index is 5.67. The summed E-state index contributed by atoms with van der Waals surface area (Å²) in [6, 6.07) is 43.1. The van der Waals surface area contributed by atoms with Crippen molar-refractivity contribution in [1.29, 1.82) is 0 Å². The number of benzene rings is 4. The summed E-state index contributed by atoms with van der Waals surface area (Å²) in [4.78, 5) is 0. The first-order valence-electron chi connectivity index (χ1n) is 9.12. The summed E-state index contributed by atoms with van der Waals surface area (Å²) in [6.07, 6.45) is 0. The molecule has 0 fully saturated rings. The van der Waals surface area contributed by atoms with Crippen molar-refractivity contribution in [3.05, 3.63) is 121 Å². The molecule has 0 atom stereocenters. The summed E-state index contributed by atoms with van der Waals surface area (Å²) in [7, 11) is -0.809. The van der Waals surface area contributed by atoms with E-state index in [0.717, 1.165) is 0 Å². The van der Waals surface area contributed by atoms with Crippen LogP contribution in [-0.4, -0.2) is 21.2 Å². The van der Waals surface area contributed by atoms with Crippen LogP contribution in [0.25, 0.3) is 0 Å². The van der Waals surface area contributed by atoms with Crippen molar-refractivity contribution in [3.63, 3.8) is 0 Å². The van der Waals surface area contributed by atoms with Gasteiger partial charge in [0.05, 0.1) is 0 Å². The van der Waals surface area contributed by atoms with Crippen molar-refractivity contribution in [3.8, 4) is 0 Å². The molecule has 28 heavy (non-hydrogen) atoms. The van der Waals surface area contributed by atoms with E-state index in [1.807, 2.05) is 0 Å². The van der Waals surface area contributed by atoms with Gasteiger partial charge in [0.25, 0.3) is 0 Å². The number of hydrogen-bond acceptors (Lipinski definition) is 1. The zero-order valence-corrected chi connectivity index (χ0v) is 19.4. The van der Waals surface area contributed by atoms with E-state index >= 15 is 0 Å². The fraction of sp³-hybridized carbons (Fsp3) is 0. The van der Waals surface area contributed by atoms with Gasteiger partial charge in [-0.15, -0.1) is 0 Å². The molecule has 0 N–H and O–H groups in total. The van der Waals surface area contributed by atoms with E-state index in [4.69, 9.17) is 4.52 Å². The molecule has 0 heterocycles. The molecule has 4 rings (SSSR count). The van der Waals surface area contributed by atoms with Gasteiger partial charge < -0.3 is 0 Å². The summed E-state index contributed by atoms with van der Waals surface area (Å²) < 4.78 is 3.77. The first kappa shape index (κ1) is 19.5. The van der Waals surface area contributed by atoms with Crippen molar-refractivity contribution in [1.82, 2.24) is 0 Å². The fourth-order valence-electron chi connectivity index (χ4n) is 3.03. The molecule has 0 aliphatic rings. The van der Waals surface area contributed by atoms with Crippen LogP contribution in [0.1, 0.15) is 0 Å². The Morgan fingerprint density at radius 1 is 0.500 bits per heavy atom. The van der Waals surface area contributed by atoms with Crippen molar-refractivity contribution in [2.24, 2.45) is 4.52 Å². The molecule has 4 aromatic rings. The van der Waals surface area contributed by atoms with Gasteiger partial charge in [-0.3, -0.25) is 0 Å². The molecule has 0 aromatic heterocycles. The standard InChI is InChI=1S/C24H20NP2Te/c28-27(23-17-9-3-10-18-23,24-19-11-4-12-20-24)25-26(21-13-5-1-6-14-21)22-15-7-2-8-16-22/h1-20H/q+1. The topological polar surface area (TPSA) is 12.4 Å². The van der Waals surface area contributed by atoms with Gasteiger partial charge in [0.15, 0.2) is 0 Å². The van der Waals surface area contributed by atoms with Gasteiger partial charge in [-0.1, -0.05) is 0 Å². The number of nitrogens with zero attached hydrogens (tertiary/aromatic N) is 1. The molecular weight excluding hydrogens is 492 g/mol. The van der Waals surface area contributed by atoms with E-state index in [1.165, 1.54) is 21.2 Å². The molecule has 0 aliphatic carbocycles. The third-order valence-electron chi connectivity index (χ3n) is 4.43. The van der Waals surface area contributed by atoms with Gasteiger partial charge in [-0.2, -0.15) is 0 Å². The average Bonchev–Trinajstić information content (AvgIpc) is 2.80. The van der Waals surface area contributed by atoms with Crippen LogP contribution in [-0.2, 0) is 0 Å². The Kier molecular flexibility index (Phi) is 6.36. The van der Waals surface area contributed by atoms with Crippen LogP contribution in [0, 0.1) is 0 Å². The number of rotatable bonds is 5. The zero-order chi connectivity index (χ0) is 19.2. The quantitative estimate of drug-likeness (QED) is 0.265. The van der Waals surface area contributed by atoms with E-state index in [-0.39, 0.29) is 0 Å². The molecule has 0 spiro atoms. The molecule has 136 valence electrons. The van der Waals surface area contributed by atoms with Crippen LogP contribution in [0.2, 0.25) is 0 Å². The molecular formula is C24H20NP2Te+. The molecule has 0 unspecified atom stereocenters. The first-order chi connectivity index (χ1) is 13.8. The normalized spacial score (nSPS) is 11.0. The average molecular weight is 512 g/mol. The van der Waals surface area contributed by atoms with Gasteiger partial charge >= 0.3 is 181 Å². The van der Waals surface area contributed by atoms with Crippen LogP contribution in [0.5, 0.6) is 0 Å². The fourth-order valence-corrected chi connectivity index (χ4v) is 12.3. The Bertz CT molecular complexity index is 1030. The van der Waals surface area contributed by atoms with Crippen LogP contribution < -0.4 is 21.2 Å². The molecule has 1 nitrogen and oxygen atoms in total. The second-order valence-electron chi connectivity index (χ2n) is 6.32. The molecule has 0 amide bonds. The summed E-state index contributed by atoms with van der Waals surface area (Å²) in [5.41, 5.74) is 0. The van der Waals surface area contributed by atoms with Crippen molar-refractivity contribution >= 4 is 54.8 Å². The van der Waals surface area contributed by atoms with E-state index < -0.39 is 12.4 Å². The van der Waals surface area contributed by atoms with Gasteiger partial charge in [0.2, 0.25) is 0 Å². The Balaban J connectivity index is 1.99. The molecule has 0 aliphatic heterocycles. The van der Waals surface area contributed by atoms with Gasteiger partial charge in [0.1, 0.15) is 0 Å². The Labute approximate surface area is 180 Å². The maximum absolute atomic E-state index is 5.67. The van der Waals surface area contributed by atoms with Crippen LogP contribution >= 0.6 is 12.4 Å². The predicted octanol–water partition coefficient (Wildman–Crippen LogP) is 4.97. The second kappa shape index (κ2) is 9.13. The third-order valence-corrected chi connectivity index (χ3v) is 15.2. The van der Waals surface area contributed by atoms with E-state index in [2.05, 4.69) is 143 Å². The predicted molar refractivity (Wildman–Crippen MR) is 126 cm³/mol. The van der Waals surface area contributed by atoms with Crippen molar-refractivity contribution in [2.45, 2.75) is 0 Å². The first-order valence-corrected chi connectivity index (χ1v) is 15.2. The molecule has 0 saturated carbocycles. The van der Waals surface area contributed by atoms with Crippen molar-refractivity contribution < 1.29 is 0 Å². The van der Waals surface area contributed by atoms with E-state index in [1.54, 1.807) is 0 Å². The summed E-state index contributed by atoms with van der Waals surface area (Å²) in [6.45, 7) is 0. The molecule has 0 bridgehead atoms. The summed E-state index contributed by atoms with van der Waals surface area (Å²) >= 11 is 2.25. The molecule has 4 heteroatoms. The molecule has 4 aromatic carbocycles. The van der Waals surface area contributed by atoms with Gasteiger partial charge in [-0.25, -0.2) is 0 Å². The Hall–Kier alpha value is -1.80. The molecule has 0 radical (unpaired) electrons. The van der Waals surface area contributed by atoms with Crippen LogP contribution in [0.15, 0.2) is 126 Å². The SMILES string of the molecule is [Te]=P(N=[P+](c1ccccc1)c1ccccc1)(c1ccccc1)c1ccccc1. The number of hydrogen-bond donors (Lipinski definition) is 0. The Morgan fingerprint density at radius 2 is 0.821 bits per heavy atom. The van der Waals surface area contributed by atoms with Gasteiger partial charge in [-0.05, 0) is 0 Å². The van der Waals surface area contributed by atoms with E-state index in [9.17, 15) is 0 Å². The van der Waals surface area contributed by atoms with E-state index in [0.29, 0.717) is 0 Å². The third kappa shape index (κ3) is 4.27. The van der Waals surface area contributed by atoms with Gasteiger partial charge in [0, 0.05) is 0 Å².